The number of hydrogen-bond donors (Lipinski definition) is 1. The molecule has 1 aliphatic rings. The van der Waals surface area contributed by atoms with Crippen LogP contribution < -0.4 is 5.32 Å². The summed E-state index contributed by atoms with van der Waals surface area (Å²) >= 11 is 0. The first-order chi connectivity index (χ1) is 8.55. The van der Waals surface area contributed by atoms with E-state index in [0.717, 1.165) is 0 Å². The molecule has 96 valence electrons. The van der Waals surface area contributed by atoms with Crippen molar-refractivity contribution < 1.29 is 9.59 Å². The van der Waals surface area contributed by atoms with E-state index in [4.69, 9.17) is 0 Å². The van der Waals surface area contributed by atoms with Crippen LogP contribution in [0.1, 0.15) is 26.1 Å². The SMILES string of the molecule is CCC1(C)NC(=O)CN(Cc2ncccn2)C1=O. The number of hydrogen-bond acceptors (Lipinski definition) is 4. The van der Waals surface area contributed by atoms with Crippen LogP contribution >= 0.6 is 0 Å². The minimum Gasteiger partial charge on any atom is -0.340 e. The quantitative estimate of drug-likeness (QED) is 0.823. The lowest BCUT2D eigenvalue weighted by molar-refractivity contribution is -0.150. The summed E-state index contributed by atoms with van der Waals surface area (Å²) < 4.78 is 0. The molecular weight excluding hydrogens is 232 g/mol. The lowest BCUT2D eigenvalue weighted by Gasteiger charge is -2.38. The topological polar surface area (TPSA) is 75.2 Å². The molecule has 0 radical (unpaired) electrons. The van der Waals surface area contributed by atoms with Gasteiger partial charge < -0.3 is 10.2 Å². The molecule has 0 spiro atoms. The predicted octanol–water partition coefficient (Wildman–Crippen LogP) is 0.104. The van der Waals surface area contributed by atoms with E-state index >= 15 is 0 Å². The maximum atomic E-state index is 12.3. The Balaban J connectivity index is 2.17. The Hall–Kier alpha value is -1.98. The summed E-state index contributed by atoms with van der Waals surface area (Å²) in [5.74, 6) is 0.311. The van der Waals surface area contributed by atoms with Crippen LogP contribution in [-0.4, -0.2) is 38.8 Å². The minimum atomic E-state index is -0.815. The fourth-order valence-corrected chi connectivity index (χ4v) is 1.94. The molecule has 0 aliphatic carbocycles. The maximum absolute atomic E-state index is 12.3. The van der Waals surface area contributed by atoms with Crippen molar-refractivity contribution in [3.63, 3.8) is 0 Å². The number of aromatic nitrogens is 2. The van der Waals surface area contributed by atoms with Gasteiger partial charge >= 0.3 is 0 Å². The molecule has 1 N–H and O–H groups in total. The minimum absolute atomic E-state index is 0.0622. The highest BCUT2D eigenvalue weighted by molar-refractivity contribution is 5.97. The molecule has 1 unspecified atom stereocenters. The van der Waals surface area contributed by atoms with Crippen molar-refractivity contribution in [1.29, 1.82) is 0 Å². The summed E-state index contributed by atoms with van der Waals surface area (Å²) in [6.07, 6.45) is 3.80. The number of nitrogens with zero attached hydrogens (tertiary/aromatic N) is 3. The van der Waals surface area contributed by atoms with Crippen LogP contribution in [0.5, 0.6) is 0 Å². The Morgan fingerprint density at radius 3 is 2.67 bits per heavy atom. The van der Waals surface area contributed by atoms with Gasteiger partial charge in [0.25, 0.3) is 0 Å². The van der Waals surface area contributed by atoms with E-state index in [1.165, 1.54) is 4.90 Å². The first-order valence-electron chi connectivity index (χ1n) is 5.91. The van der Waals surface area contributed by atoms with Crippen molar-refractivity contribution in [1.82, 2.24) is 20.2 Å². The third kappa shape index (κ3) is 2.32. The molecule has 0 saturated carbocycles. The van der Waals surface area contributed by atoms with E-state index in [0.29, 0.717) is 12.2 Å². The second kappa shape index (κ2) is 4.72. The van der Waals surface area contributed by atoms with Crippen molar-refractivity contribution in [3.8, 4) is 0 Å². The van der Waals surface area contributed by atoms with E-state index in [1.807, 2.05) is 6.92 Å². The molecule has 0 bridgehead atoms. The molecule has 18 heavy (non-hydrogen) atoms. The average molecular weight is 248 g/mol. The van der Waals surface area contributed by atoms with E-state index < -0.39 is 5.54 Å². The average Bonchev–Trinajstić information content (AvgIpc) is 2.37. The van der Waals surface area contributed by atoms with Gasteiger partial charge in [0.15, 0.2) is 0 Å². The molecule has 1 aromatic heterocycles. The number of amides is 2. The lowest BCUT2D eigenvalue weighted by Crippen LogP contribution is -2.64. The van der Waals surface area contributed by atoms with Crippen molar-refractivity contribution in [2.24, 2.45) is 0 Å². The Labute approximate surface area is 105 Å². The van der Waals surface area contributed by atoms with Crippen LogP contribution in [0, 0.1) is 0 Å². The lowest BCUT2D eigenvalue weighted by atomic mass is 9.94. The zero-order chi connectivity index (χ0) is 13.2. The molecule has 2 amide bonds. The van der Waals surface area contributed by atoms with Crippen molar-refractivity contribution >= 4 is 11.8 Å². The van der Waals surface area contributed by atoms with E-state index in [2.05, 4.69) is 15.3 Å². The van der Waals surface area contributed by atoms with Gasteiger partial charge in [-0.15, -0.1) is 0 Å². The number of rotatable bonds is 3. The maximum Gasteiger partial charge on any atom is 0.248 e. The van der Waals surface area contributed by atoms with E-state index in [1.54, 1.807) is 25.4 Å². The highest BCUT2D eigenvalue weighted by Crippen LogP contribution is 2.18. The zero-order valence-electron chi connectivity index (χ0n) is 10.5. The number of carbonyl (C=O) groups is 2. The Kier molecular flexibility index (Phi) is 3.27. The Morgan fingerprint density at radius 2 is 2.06 bits per heavy atom. The van der Waals surface area contributed by atoms with Gasteiger partial charge in [0.2, 0.25) is 11.8 Å². The van der Waals surface area contributed by atoms with Crippen LogP contribution in [0.25, 0.3) is 0 Å². The van der Waals surface area contributed by atoms with Crippen molar-refractivity contribution in [3.05, 3.63) is 24.3 Å². The third-order valence-corrected chi connectivity index (χ3v) is 3.17. The van der Waals surface area contributed by atoms with Gasteiger partial charge in [-0.25, -0.2) is 9.97 Å². The summed E-state index contributed by atoms with van der Waals surface area (Å²) in [6, 6.07) is 1.71. The first-order valence-corrected chi connectivity index (χ1v) is 5.91. The van der Waals surface area contributed by atoms with Crippen LogP contribution in [0.3, 0.4) is 0 Å². The van der Waals surface area contributed by atoms with Gasteiger partial charge in [-0.3, -0.25) is 9.59 Å². The molecule has 6 nitrogen and oxygen atoms in total. The summed E-state index contributed by atoms with van der Waals surface area (Å²) in [7, 11) is 0. The van der Waals surface area contributed by atoms with Crippen molar-refractivity contribution in [2.45, 2.75) is 32.4 Å². The van der Waals surface area contributed by atoms with Gasteiger partial charge in [0, 0.05) is 12.4 Å². The monoisotopic (exact) mass is 248 g/mol. The standard InChI is InChI=1S/C12H16N4O2/c1-3-12(2)11(18)16(8-10(17)15-12)7-9-13-5-4-6-14-9/h4-6H,3,7-8H2,1-2H3,(H,15,17). The van der Waals surface area contributed by atoms with Gasteiger partial charge in [-0.1, -0.05) is 6.92 Å². The third-order valence-electron chi connectivity index (χ3n) is 3.17. The second-order valence-corrected chi connectivity index (χ2v) is 4.56. The normalized spacial score (nSPS) is 24.0. The van der Waals surface area contributed by atoms with Gasteiger partial charge in [-0.05, 0) is 19.4 Å². The predicted molar refractivity (Wildman–Crippen MR) is 64.3 cm³/mol. The summed E-state index contributed by atoms with van der Waals surface area (Å²) in [5.41, 5.74) is -0.815. The summed E-state index contributed by atoms with van der Waals surface area (Å²) in [6.45, 7) is 3.95. The van der Waals surface area contributed by atoms with Crippen molar-refractivity contribution in [2.75, 3.05) is 6.54 Å². The number of carbonyl (C=O) groups excluding carboxylic acids is 2. The zero-order valence-corrected chi connectivity index (χ0v) is 10.5. The fourth-order valence-electron chi connectivity index (χ4n) is 1.94. The van der Waals surface area contributed by atoms with Crippen LogP contribution in [0.2, 0.25) is 0 Å². The molecule has 1 aliphatic heterocycles. The fraction of sp³-hybridized carbons (Fsp3) is 0.500. The van der Waals surface area contributed by atoms with E-state index in [9.17, 15) is 9.59 Å². The van der Waals surface area contributed by atoms with Gasteiger partial charge in [0.1, 0.15) is 17.9 Å². The highest BCUT2D eigenvalue weighted by Gasteiger charge is 2.41. The van der Waals surface area contributed by atoms with Crippen LogP contribution in [-0.2, 0) is 16.1 Å². The summed E-state index contributed by atoms with van der Waals surface area (Å²) in [5, 5.41) is 2.74. The van der Waals surface area contributed by atoms with E-state index in [-0.39, 0.29) is 24.9 Å². The van der Waals surface area contributed by atoms with Gasteiger partial charge in [0.05, 0.1) is 6.54 Å². The first kappa shape index (κ1) is 12.5. The number of piperazine rings is 1. The highest BCUT2D eigenvalue weighted by atomic mass is 16.2. The smallest absolute Gasteiger partial charge is 0.248 e. The molecule has 1 fully saturated rings. The largest absolute Gasteiger partial charge is 0.340 e. The molecule has 2 heterocycles. The van der Waals surface area contributed by atoms with Crippen LogP contribution in [0.15, 0.2) is 18.5 Å². The molecule has 1 saturated heterocycles. The summed E-state index contributed by atoms with van der Waals surface area (Å²) in [4.78, 5) is 33.6. The number of nitrogens with one attached hydrogen (secondary N) is 1. The second-order valence-electron chi connectivity index (χ2n) is 4.56. The molecule has 1 aromatic rings. The molecule has 0 aromatic carbocycles. The molecular formula is C12H16N4O2. The molecule has 2 rings (SSSR count). The van der Waals surface area contributed by atoms with Crippen LogP contribution in [0.4, 0.5) is 0 Å². The van der Waals surface area contributed by atoms with Gasteiger partial charge in [-0.2, -0.15) is 0 Å². The Morgan fingerprint density at radius 1 is 1.39 bits per heavy atom. The Bertz CT molecular complexity index is 462. The molecule has 1 atom stereocenters. The molecule has 6 heteroatoms.